The van der Waals surface area contributed by atoms with E-state index in [1.54, 1.807) is 11.3 Å². The summed E-state index contributed by atoms with van der Waals surface area (Å²) in [6.45, 7) is 3.41. The van der Waals surface area contributed by atoms with Crippen LogP contribution in [0.1, 0.15) is 22.2 Å². The Labute approximate surface area is 140 Å². The van der Waals surface area contributed by atoms with Crippen LogP contribution in [0.5, 0.6) is 5.75 Å². The molecule has 20 heavy (non-hydrogen) atoms. The lowest BCUT2D eigenvalue weighted by Gasteiger charge is -2.11. The maximum Gasteiger partial charge on any atom is 0.148 e. The van der Waals surface area contributed by atoms with Crippen molar-refractivity contribution >= 4 is 43.2 Å². The quantitative estimate of drug-likeness (QED) is 0.722. The van der Waals surface area contributed by atoms with Crippen LogP contribution < -0.4 is 10.5 Å². The SMILES string of the molecule is CCc1ccc(COc2c(Br)cc(CCN)cc2Br)s1. The standard InChI is InChI=1S/C15H17Br2NOS/c1-2-11-3-4-12(20-11)9-19-15-13(16)7-10(5-6-18)8-14(15)17/h3-4,7-8H,2,5-6,9,18H2,1H3. The van der Waals surface area contributed by atoms with Gasteiger partial charge in [0.05, 0.1) is 8.95 Å². The third-order valence-electron chi connectivity index (χ3n) is 2.92. The van der Waals surface area contributed by atoms with Gasteiger partial charge in [-0.05, 0) is 81.1 Å². The van der Waals surface area contributed by atoms with E-state index in [4.69, 9.17) is 10.5 Å². The molecule has 0 bridgehead atoms. The van der Waals surface area contributed by atoms with Gasteiger partial charge in [-0.25, -0.2) is 0 Å². The van der Waals surface area contributed by atoms with Crippen LogP contribution in [-0.2, 0) is 19.4 Å². The van der Waals surface area contributed by atoms with E-state index in [9.17, 15) is 0 Å². The monoisotopic (exact) mass is 417 g/mol. The van der Waals surface area contributed by atoms with Crippen molar-refractivity contribution in [3.8, 4) is 5.75 Å². The first-order valence-electron chi connectivity index (χ1n) is 6.52. The summed E-state index contributed by atoms with van der Waals surface area (Å²) in [5, 5.41) is 0. The molecule has 0 aliphatic carbocycles. The molecule has 1 aromatic heterocycles. The van der Waals surface area contributed by atoms with Gasteiger partial charge in [-0.3, -0.25) is 0 Å². The van der Waals surface area contributed by atoms with E-state index < -0.39 is 0 Å². The van der Waals surface area contributed by atoms with E-state index >= 15 is 0 Å². The van der Waals surface area contributed by atoms with Gasteiger partial charge in [0.1, 0.15) is 12.4 Å². The predicted octanol–water partition coefficient (Wildman–Crippen LogP) is 4.92. The van der Waals surface area contributed by atoms with E-state index in [1.807, 2.05) is 0 Å². The summed E-state index contributed by atoms with van der Waals surface area (Å²) in [4.78, 5) is 2.63. The highest BCUT2D eigenvalue weighted by Gasteiger charge is 2.10. The van der Waals surface area contributed by atoms with Gasteiger partial charge >= 0.3 is 0 Å². The molecular weight excluding hydrogens is 402 g/mol. The van der Waals surface area contributed by atoms with E-state index in [1.165, 1.54) is 15.3 Å². The van der Waals surface area contributed by atoms with Crippen LogP contribution in [-0.4, -0.2) is 6.54 Å². The predicted molar refractivity (Wildman–Crippen MR) is 92.6 cm³/mol. The molecule has 0 saturated heterocycles. The zero-order chi connectivity index (χ0) is 14.5. The van der Waals surface area contributed by atoms with Crippen molar-refractivity contribution in [1.82, 2.24) is 0 Å². The van der Waals surface area contributed by atoms with Gasteiger partial charge in [-0.2, -0.15) is 0 Å². The molecule has 0 spiro atoms. The Morgan fingerprint density at radius 2 is 1.80 bits per heavy atom. The molecule has 2 nitrogen and oxygen atoms in total. The van der Waals surface area contributed by atoms with Crippen LogP contribution in [0, 0.1) is 0 Å². The third-order valence-corrected chi connectivity index (χ3v) is 5.30. The van der Waals surface area contributed by atoms with Crippen molar-refractivity contribution in [2.75, 3.05) is 6.54 Å². The summed E-state index contributed by atoms with van der Waals surface area (Å²) in [6, 6.07) is 8.43. The number of thiophene rings is 1. The highest BCUT2D eigenvalue weighted by Crippen LogP contribution is 2.35. The Morgan fingerprint density at radius 3 is 2.35 bits per heavy atom. The average molecular weight is 419 g/mol. The largest absolute Gasteiger partial charge is 0.486 e. The van der Waals surface area contributed by atoms with E-state index in [-0.39, 0.29) is 0 Å². The number of hydrogen-bond donors (Lipinski definition) is 1. The molecule has 2 rings (SSSR count). The van der Waals surface area contributed by atoms with Gasteiger partial charge in [0.15, 0.2) is 0 Å². The maximum atomic E-state index is 5.93. The maximum absolute atomic E-state index is 5.93. The van der Waals surface area contributed by atoms with Crippen molar-refractivity contribution in [2.45, 2.75) is 26.4 Å². The highest BCUT2D eigenvalue weighted by molar-refractivity contribution is 9.11. The Balaban J connectivity index is 2.09. The zero-order valence-electron chi connectivity index (χ0n) is 11.3. The molecule has 0 radical (unpaired) electrons. The summed E-state index contributed by atoms with van der Waals surface area (Å²) in [6.07, 6.45) is 1.94. The molecule has 0 unspecified atom stereocenters. The van der Waals surface area contributed by atoms with E-state index in [2.05, 4.69) is 63.0 Å². The number of hydrogen-bond acceptors (Lipinski definition) is 3. The first kappa shape index (κ1) is 16.0. The lowest BCUT2D eigenvalue weighted by molar-refractivity contribution is 0.305. The zero-order valence-corrected chi connectivity index (χ0v) is 15.3. The average Bonchev–Trinajstić information content (AvgIpc) is 2.86. The van der Waals surface area contributed by atoms with Gasteiger partial charge in [-0.1, -0.05) is 6.92 Å². The van der Waals surface area contributed by atoms with Crippen molar-refractivity contribution < 1.29 is 4.74 Å². The minimum Gasteiger partial charge on any atom is -0.486 e. The molecule has 2 aromatic rings. The highest BCUT2D eigenvalue weighted by atomic mass is 79.9. The van der Waals surface area contributed by atoms with Crippen LogP contribution in [0.15, 0.2) is 33.2 Å². The Bertz CT molecular complexity index is 560. The second-order valence-corrected chi connectivity index (χ2v) is 7.40. The number of aryl methyl sites for hydroxylation is 1. The molecular formula is C15H17Br2NOS. The number of ether oxygens (including phenoxy) is 1. The van der Waals surface area contributed by atoms with Crippen LogP contribution in [0.4, 0.5) is 0 Å². The van der Waals surface area contributed by atoms with Crippen LogP contribution in [0.2, 0.25) is 0 Å². The Morgan fingerprint density at radius 1 is 1.15 bits per heavy atom. The second-order valence-electron chi connectivity index (χ2n) is 4.44. The molecule has 5 heteroatoms. The number of nitrogens with two attached hydrogens (primary N) is 1. The van der Waals surface area contributed by atoms with Gasteiger partial charge < -0.3 is 10.5 Å². The van der Waals surface area contributed by atoms with Crippen molar-refractivity contribution in [3.63, 3.8) is 0 Å². The number of halogens is 2. The second kappa shape index (κ2) is 7.59. The fourth-order valence-corrected chi connectivity index (χ4v) is 4.28. The van der Waals surface area contributed by atoms with Gasteiger partial charge in [0.25, 0.3) is 0 Å². The van der Waals surface area contributed by atoms with Crippen molar-refractivity contribution in [1.29, 1.82) is 0 Å². The number of benzene rings is 1. The lowest BCUT2D eigenvalue weighted by Crippen LogP contribution is -2.03. The van der Waals surface area contributed by atoms with Gasteiger partial charge in [0, 0.05) is 9.75 Å². The van der Waals surface area contributed by atoms with E-state index in [0.717, 1.165) is 27.5 Å². The molecule has 0 fully saturated rings. The fraction of sp³-hybridized carbons (Fsp3) is 0.333. The summed E-state index contributed by atoms with van der Waals surface area (Å²) >= 11 is 8.94. The van der Waals surface area contributed by atoms with E-state index in [0.29, 0.717) is 13.2 Å². The smallest absolute Gasteiger partial charge is 0.148 e. The third kappa shape index (κ3) is 4.07. The van der Waals surface area contributed by atoms with Crippen LogP contribution >= 0.6 is 43.2 Å². The molecule has 0 saturated carbocycles. The first-order valence-corrected chi connectivity index (χ1v) is 8.92. The molecule has 0 atom stereocenters. The molecule has 0 amide bonds. The topological polar surface area (TPSA) is 35.2 Å². The normalized spacial score (nSPS) is 10.8. The Kier molecular flexibility index (Phi) is 6.08. The van der Waals surface area contributed by atoms with Crippen molar-refractivity contribution in [2.24, 2.45) is 5.73 Å². The fourth-order valence-electron chi connectivity index (χ4n) is 1.89. The number of rotatable bonds is 6. The Hall–Kier alpha value is -0.360. The molecule has 0 aliphatic rings. The summed E-state index contributed by atoms with van der Waals surface area (Å²) in [5.41, 5.74) is 6.79. The minimum absolute atomic E-state index is 0.595. The molecule has 108 valence electrons. The first-order chi connectivity index (χ1) is 9.63. The van der Waals surface area contributed by atoms with Crippen LogP contribution in [0.3, 0.4) is 0 Å². The molecule has 1 heterocycles. The summed E-state index contributed by atoms with van der Waals surface area (Å²) < 4.78 is 7.85. The van der Waals surface area contributed by atoms with Gasteiger partial charge in [0.2, 0.25) is 0 Å². The lowest BCUT2D eigenvalue weighted by atomic mass is 10.1. The molecule has 2 N–H and O–H groups in total. The summed E-state index contributed by atoms with van der Waals surface area (Å²) in [5.74, 6) is 0.845. The minimum atomic E-state index is 0.595. The summed E-state index contributed by atoms with van der Waals surface area (Å²) in [7, 11) is 0. The van der Waals surface area contributed by atoms with Gasteiger partial charge in [-0.15, -0.1) is 11.3 Å². The van der Waals surface area contributed by atoms with Crippen LogP contribution in [0.25, 0.3) is 0 Å². The van der Waals surface area contributed by atoms with Crippen molar-refractivity contribution in [3.05, 3.63) is 48.5 Å². The molecule has 1 aromatic carbocycles. The molecule has 0 aliphatic heterocycles.